The fraction of sp³-hybridized carbons (Fsp3) is 0.500. The molecule has 0 aromatic heterocycles. The number of hydrogen-bond donors (Lipinski definition) is 2. The SMILES string of the molecule is CCC(C)NC(=O)/C=C\C(N)=O. The van der Waals surface area contributed by atoms with Gasteiger partial charge in [-0.25, -0.2) is 0 Å². The molecule has 3 N–H and O–H groups in total. The highest BCUT2D eigenvalue weighted by Crippen LogP contribution is 1.87. The number of rotatable bonds is 4. The predicted molar refractivity (Wildman–Crippen MR) is 46.2 cm³/mol. The molecule has 0 fully saturated rings. The number of hydrogen-bond acceptors (Lipinski definition) is 2. The molecule has 0 aromatic carbocycles. The number of nitrogens with one attached hydrogen (secondary N) is 1. The van der Waals surface area contributed by atoms with Gasteiger partial charge in [-0.1, -0.05) is 6.92 Å². The topological polar surface area (TPSA) is 72.2 Å². The van der Waals surface area contributed by atoms with Crippen molar-refractivity contribution < 1.29 is 9.59 Å². The van der Waals surface area contributed by atoms with Gasteiger partial charge in [-0.3, -0.25) is 9.59 Å². The van der Waals surface area contributed by atoms with Crippen LogP contribution in [0.3, 0.4) is 0 Å². The largest absolute Gasteiger partial charge is 0.366 e. The minimum Gasteiger partial charge on any atom is -0.366 e. The van der Waals surface area contributed by atoms with Crippen LogP contribution in [-0.4, -0.2) is 17.9 Å². The summed E-state index contributed by atoms with van der Waals surface area (Å²) in [5, 5.41) is 2.65. The quantitative estimate of drug-likeness (QED) is 0.580. The second-order valence-corrected chi connectivity index (χ2v) is 2.55. The van der Waals surface area contributed by atoms with Crippen molar-refractivity contribution in [2.24, 2.45) is 5.73 Å². The average Bonchev–Trinajstić information content (AvgIpc) is 2.00. The molecule has 0 rings (SSSR count). The summed E-state index contributed by atoms with van der Waals surface area (Å²) in [6.07, 6.45) is 3.03. The van der Waals surface area contributed by atoms with Gasteiger partial charge in [-0.05, 0) is 13.3 Å². The molecule has 1 atom stereocenters. The van der Waals surface area contributed by atoms with Crippen LogP contribution in [-0.2, 0) is 9.59 Å². The summed E-state index contributed by atoms with van der Waals surface area (Å²) in [4.78, 5) is 21.1. The highest BCUT2D eigenvalue weighted by atomic mass is 16.2. The monoisotopic (exact) mass is 170 g/mol. The Morgan fingerprint density at radius 1 is 1.50 bits per heavy atom. The summed E-state index contributed by atoms with van der Waals surface area (Å²) in [5.74, 6) is -0.905. The first-order valence-corrected chi connectivity index (χ1v) is 3.84. The maximum absolute atomic E-state index is 10.9. The molecule has 0 saturated heterocycles. The van der Waals surface area contributed by atoms with Crippen molar-refractivity contribution in [1.29, 1.82) is 0 Å². The minimum atomic E-state index is -0.616. The van der Waals surface area contributed by atoms with Crippen molar-refractivity contribution in [2.75, 3.05) is 0 Å². The number of carbonyl (C=O) groups excluding carboxylic acids is 2. The molecule has 0 bridgehead atoms. The number of amides is 2. The van der Waals surface area contributed by atoms with Crippen molar-refractivity contribution >= 4 is 11.8 Å². The van der Waals surface area contributed by atoms with E-state index in [0.29, 0.717) is 0 Å². The smallest absolute Gasteiger partial charge is 0.244 e. The molecule has 68 valence electrons. The Bertz CT molecular complexity index is 199. The Balaban J connectivity index is 3.81. The molecule has 0 aliphatic heterocycles. The van der Waals surface area contributed by atoms with Gasteiger partial charge in [0, 0.05) is 18.2 Å². The first-order valence-electron chi connectivity index (χ1n) is 3.84. The molecular formula is C8H14N2O2. The lowest BCUT2D eigenvalue weighted by Gasteiger charge is -2.07. The van der Waals surface area contributed by atoms with Crippen LogP contribution in [0.15, 0.2) is 12.2 Å². The lowest BCUT2D eigenvalue weighted by atomic mass is 10.2. The summed E-state index contributed by atoms with van der Waals surface area (Å²) in [6, 6.07) is 0.120. The standard InChI is InChI=1S/C8H14N2O2/c1-3-6(2)10-8(12)5-4-7(9)11/h4-6H,3H2,1-2H3,(H2,9,11)(H,10,12)/b5-4-. The summed E-state index contributed by atoms with van der Waals surface area (Å²) >= 11 is 0. The zero-order valence-electron chi connectivity index (χ0n) is 7.33. The van der Waals surface area contributed by atoms with Crippen molar-refractivity contribution in [1.82, 2.24) is 5.32 Å². The third-order valence-electron chi connectivity index (χ3n) is 1.40. The Morgan fingerprint density at radius 2 is 2.08 bits per heavy atom. The summed E-state index contributed by atoms with van der Waals surface area (Å²) in [7, 11) is 0. The van der Waals surface area contributed by atoms with Crippen LogP contribution in [0.5, 0.6) is 0 Å². The van der Waals surface area contributed by atoms with Gasteiger partial charge >= 0.3 is 0 Å². The fourth-order valence-electron chi connectivity index (χ4n) is 0.551. The van der Waals surface area contributed by atoms with Gasteiger partial charge < -0.3 is 11.1 Å². The van der Waals surface area contributed by atoms with Gasteiger partial charge in [0.15, 0.2) is 0 Å². The molecule has 4 heteroatoms. The second kappa shape index (κ2) is 5.35. The van der Waals surface area contributed by atoms with E-state index in [2.05, 4.69) is 5.32 Å². The zero-order chi connectivity index (χ0) is 9.56. The molecule has 4 nitrogen and oxygen atoms in total. The molecule has 2 amide bonds. The Labute approximate surface area is 71.8 Å². The van der Waals surface area contributed by atoms with Gasteiger partial charge in [0.05, 0.1) is 0 Å². The van der Waals surface area contributed by atoms with Crippen molar-refractivity contribution in [2.45, 2.75) is 26.3 Å². The zero-order valence-corrected chi connectivity index (χ0v) is 7.33. The van der Waals surface area contributed by atoms with E-state index in [9.17, 15) is 9.59 Å². The van der Waals surface area contributed by atoms with E-state index in [4.69, 9.17) is 5.73 Å². The minimum absolute atomic E-state index is 0.120. The van der Waals surface area contributed by atoms with Crippen molar-refractivity contribution in [3.8, 4) is 0 Å². The third kappa shape index (κ3) is 5.46. The Kier molecular flexibility index (Phi) is 4.76. The predicted octanol–water partition coefficient (Wildman–Crippen LogP) is -0.0574. The van der Waals surface area contributed by atoms with E-state index >= 15 is 0 Å². The first-order chi connectivity index (χ1) is 5.56. The normalized spacial score (nSPS) is 12.8. The van der Waals surface area contributed by atoms with Crippen LogP contribution in [0.2, 0.25) is 0 Å². The lowest BCUT2D eigenvalue weighted by molar-refractivity contribution is -0.118. The van der Waals surface area contributed by atoms with Gasteiger partial charge in [-0.2, -0.15) is 0 Å². The van der Waals surface area contributed by atoms with Crippen molar-refractivity contribution in [3.05, 3.63) is 12.2 Å². The lowest BCUT2D eigenvalue weighted by Crippen LogP contribution is -2.30. The van der Waals surface area contributed by atoms with Crippen LogP contribution < -0.4 is 11.1 Å². The molecule has 0 radical (unpaired) electrons. The van der Waals surface area contributed by atoms with Crippen LogP contribution in [0, 0.1) is 0 Å². The molecule has 1 unspecified atom stereocenters. The van der Waals surface area contributed by atoms with E-state index in [1.54, 1.807) is 0 Å². The first kappa shape index (κ1) is 10.7. The van der Waals surface area contributed by atoms with Gasteiger partial charge in [-0.15, -0.1) is 0 Å². The Morgan fingerprint density at radius 3 is 2.50 bits per heavy atom. The molecule has 0 heterocycles. The summed E-state index contributed by atoms with van der Waals surface area (Å²) in [5.41, 5.74) is 4.80. The molecule has 12 heavy (non-hydrogen) atoms. The number of primary amides is 1. The van der Waals surface area contributed by atoms with Crippen LogP contribution >= 0.6 is 0 Å². The van der Waals surface area contributed by atoms with Gasteiger partial charge in [0.25, 0.3) is 0 Å². The maximum Gasteiger partial charge on any atom is 0.244 e. The van der Waals surface area contributed by atoms with Crippen LogP contribution in [0.1, 0.15) is 20.3 Å². The molecule has 0 aliphatic rings. The van der Waals surface area contributed by atoms with E-state index in [1.165, 1.54) is 0 Å². The number of carbonyl (C=O) groups is 2. The summed E-state index contributed by atoms with van der Waals surface area (Å²) in [6.45, 7) is 3.85. The molecule has 0 aliphatic carbocycles. The van der Waals surface area contributed by atoms with Crippen LogP contribution in [0.4, 0.5) is 0 Å². The van der Waals surface area contributed by atoms with E-state index in [-0.39, 0.29) is 11.9 Å². The van der Waals surface area contributed by atoms with E-state index in [1.807, 2.05) is 13.8 Å². The fourth-order valence-corrected chi connectivity index (χ4v) is 0.551. The molecule has 0 spiro atoms. The second-order valence-electron chi connectivity index (χ2n) is 2.55. The van der Waals surface area contributed by atoms with E-state index in [0.717, 1.165) is 18.6 Å². The Hall–Kier alpha value is -1.32. The molecular weight excluding hydrogens is 156 g/mol. The number of nitrogens with two attached hydrogens (primary N) is 1. The third-order valence-corrected chi connectivity index (χ3v) is 1.40. The van der Waals surface area contributed by atoms with E-state index < -0.39 is 5.91 Å². The van der Waals surface area contributed by atoms with Crippen LogP contribution in [0.25, 0.3) is 0 Å². The summed E-state index contributed by atoms with van der Waals surface area (Å²) < 4.78 is 0. The van der Waals surface area contributed by atoms with Crippen molar-refractivity contribution in [3.63, 3.8) is 0 Å². The highest BCUT2D eigenvalue weighted by Gasteiger charge is 2.00. The highest BCUT2D eigenvalue weighted by molar-refractivity contribution is 5.96. The average molecular weight is 170 g/mol. The molecule has 0 aromatic rings. The molecule has 0 saturated carbocycles. The maximum atomic E-state index is 10.9. The van der Waals surface area contributed by atoms with Gasteiger partial charge in [0.1, 0.15) is 0 Å². The van der Waals surface area contributed by atoms with Gasteiger partial charge in [0.2, 0.25) is 11.8 Å².